The predicted octanol–water partition coefficient (Wildman–Crippen LogP) is 2.35. The number of rotatable bonds is 6. The summed E-state index contributed by atoms with van der Waals surface area (Å²) in [7, 11) is 5.35. The van der Waals surface area contributed by atoms with Crippen LogP contribution in [0.4, 0.5) is 10.8 Å². The second-order valence-electron chi connectivity index (χ2n) is 5.77. The molecule has 24 heavy (non-hydrogen) atoms. The van der Waals surface area contributed by atoms with E-state index in [9.17, 15) is 9.59 Å². The summed E-state index contributed by atoms with van der Waals surface area (Å²) in [5.41, 5.74) is 1.63. The first-order valence-corrected chi connectivity index (χ1v) is 8.45. The zero-order valence-corrected chi connectivity index (χ0v) is 15.2. The Balaban J connectivity index is 2.11. The van der Waals surface area contributed by atoms with Gasteiger partial charge in [0.05, 0.1) is 17.9 Å². The number of hydrogen-bond acceptors (Lipinski definition) is 5. The van der Waals surface area contributed by atoms with Gasteiger partial charge in [0.2, 0.25) is 11.8 Å². The van der Waals surface area contributed by atoms with Crippen LogP contribution < -0.4 is 4.90 Å². The lowest BCUT2D eigenvalue weighted by Gasteiger charge is -2.19. The summed E-state index contributed by atoms with van der Waals surface area (Å²) >= 11 is 1.42. The van der Waals surface area contributed by atoms with Gasteiger partial charge in [-0.15, -0.1) is 11.3 Å². The molecule has 1 aromatic carbocycles. The number of hydrogen-bond donors (Lipinski definition) is 0. The molecule has 6 nitrogen and oxygen atoms in total. The zero-order valence-electron chi connectivity index (χ0n) is 14.4. The predicted molar refractivity (Wildman–Crippen MR) is 96.4 cm³/mol. The number of para-hydroxylation sites is 1. The molecule has 0 aliphatic heterocycles. The molecule has 0 radical (unpaired) electrons. The largest absolute Gasteiger partial charge is 0.348 e. The minimum absolute atomic E-state index is 0.0441. The molecule has 0 aliphatic carbocycles. The third kappa shape index (κ3) is 4.62. The van der Waals surface area contributed by atoms with Crippen molar-refractivity contribution in [2.75, 3.05) is 32.6 Å². The number of thiazole rings is 1. The third-order valence-electron chi connectivity index (χ3n) is 3.40. The fourth-order valence-corrected chi connectivity index (χ4v) is 3.06. The minimum atomic E-state index is -0.0850. The van der Waals surface area contributed by atoms with E-state index in [4.69, 9.17) is 0 Å². The van der Waals surface area contributed by atoms with Crippen LogP contribution in [0.5, 0.6) is 0 Å². The SMILES string of the molecule is CC(=O)N(c1ccccc1)c1nc(CN(C)CC(=O)N(C)C)cs1. The molecule has 1 aromatic heterocycles. The van der Waals surface area contributed by atoms with Gasteiger partial charge in [0.15, 0.2) is 5.13 Å². The molecule has 0 N–H and O–H groups in total. The lowest BCUT2D eigenvalue weighted by molar-refractivity contribution is -0.129. The highest BCUT2D eigenvalue weighted by atomic mass is 32.1. The van der Waals surface area contributed by atoms with Crippen LogP contribution in [0.15, 0.2) is 35.7 Å². The average molecular weight is 346 g/mol. The Morgan fingerprint density at radius 1 is 1.12 bits per heavy atom. The van der Waals surface area contributed by atoms with Crippen LogP contribution in [0.3, 0.4) is 0 Å². The molecule has 0 saturated heterocycles. The van der Waals surface area contributed by atoms with E-state index in [2.05, 4.69) is 4.98 Å². The van der Waals surface area contributed by atoms with Gasteiger partial charge in [-0.3, -0.25) is 19.4 Å². The molecule has 128 valence electrons. The van der Waals surface area contributed by atoms with E-state index >= 15 is 0 Å². The number of nitrogens with zero attached hydrogens (tertiary/aromatic N) is 4. The van der Waals surface area contributed by atoms with Gasteiger partial charge in [-0.05, 0) is 19.2 Å². The van der Waals surface area contributed by atoms with E-state index in [1.54, 1.807) is 23.9 Å². The van der Waals surface area contributed by atoms with Crippen molar-refractivity contribution in [3.8, 4) is 0 Å². The number of anilines is 2. The molecule has 0 aliphatic rings. The number of carbonyl (C=O) groups excluding carboxylic acids is 2. The molecule has 2 rings (SSSR count). The minimum Gasteiger partial charge on any atom is -0.348 e. The molecule has 0 atom stereocenters. The van der Waals surface area contributed by atoms with Crippen molar-refractivity contribution >= 4 is 34.0 Å². The molecule has 0 unspecified atom stereocenters. The summed E-state index contributed by atoms with van der Waals surface area (Å²) in [5.74, 6) is -0.0409. The Bertz CT molecular complexity index is 700. The molecule has 0 saturated carbocycles. The number of aromatic nitrogens is 1. The first-order valence-electron chi connectivity index (χ1n) is 7.57. The molecule has 0 bridgehead atoms. The van der Waals surface area contributed by atoms with E-state index < -0.39 is 0 Å². The summed E-state index contributed by atoms with van der Waals surface area (Å²) in [4.78, 5) is 33.4. The molecule has 2 aromatic rings. The van der Waals surface area contributed by atoms with Gasteiger partial charge in [-0.25, -0.2) is 4.98 Å². The Morgan fingerprint density at radius 3 is 2.38 bits per heavy atom. The van der Waals surface area contributed by atoms with Crippen molar-refractivity contribution in [3.63, 3.8) is 0 Å². The lowest BCUT2D eigenvalue weighted by atomic mass is 10.3. The molecule has 0 spiro atoms. The topological polar surface area (TPSA) is 56.8 Å². The number of amides is 2. The van der Waals surface area contributed by atoms with Crippen LogP contribution in [0.2, 0.25) is 0 Å². The van der Waals surface area contributed by atoms with Gasteiger partial charge in [-0.1, -0.05) is 18.2 Å². The van der Waals surface area contributed by atoms with E-state index in [-0.39, 0.29) is 11.8 Å². The van der Waals surface area contributed by atoms with Crippen molar-refractivity contribution in [2.45, 2.75) is 13.5 Å². The second-order valence-corrected chi connectivity index (χ2v) is 6.61. The normalized spacial score (nSPS) is 10.7. The second kappa shape index (κ2) is 8.03. The molecule has 7 heteroatoms. The van der Waals surface area contributed by atoms with Crippen molar-refractivity contribution < 1.29 is 9.59 Å². The van der Waals surface area contributed by atoms with Crippen molar-refractivity contribution in [3.05, 3.63) is 41.4 Å². The number of likely N-dealkylation sites (N-methyl/N-ethyl adjacent to an activating group) is 2. The van der Waals surface area contributed by atoms with Gasteiger partial charge in [0.25, 0.3) is 0 Å². The maximum atomic E-state index is 12.0. The Hall–Kier alpha value is -2.25. The highest BCUT2D eigenvalue weighted by molar-refractivity contribution is 7.14. The lowest BCUT2D eigenvalue weighted by Crippen LogP contribution is -2.34. The van der Waals surface area contributed by atoms with Crippen LogP contribution in [0.25, 0.3) is 0 Å². The van der Waals surface area contributed by atoms with Crippen molar-refractivity contribution in [1.82, 2.24) is 14.8 Å². The van der Waals surface area contributed by atoms with Gasteiger partial charge in [0, 0.05) is 32.9 Å². The van der Waals surface area contributed by atoms with E-state index in [1.165, 1.54) is 18.3 Å². The smallest absolute Gasteiger partial charge is 0.236 e. The first kappa shape index (κ1) is 18.1. The monoisotopic (exact) mass is 346 g/mol. The summed E-state index contributed by atoms with van der Waals surface area (Å²) in [6.45, 7) is 2.40. The molecule has 0 fully saturated rings. The van der Waals surface area contributed by atoms with Gasteiger partial charge >= 0.3 is 0 Å². The third-order valence-corrected chi connectivity index (χ3v) is 4.27. The Kier molecular flexibility index (Phi) is 6.05. The zero-order chi connectivity index (χ0) is 17.7. The van der Waals surface area contributed by atoms with E-state index in [1.807, 2.05) is 47.7 Å². The van der Waals surface area contributed by atoms with E-state index in [0.29, 0.717) is 18.2 Å². The molecule has 1 heterocycles. The fraction of sp³-hybridized carbons (Fsp3) is 0.353. The highest BCUT2D eigenvalue weighted by Crippen LogP contribution is 2.28. The van der Waals surface area contributed by atoms with Crippen LogP contribution in [0.1, 0.15) is 12.6 Å². The van der Waals surface area contributed by atoms with Crippen molar-refractivity contribution in [2.24, 2.45) is 0 Å². The molecular formula is C17H22N4O2S. The van der Waals surface area contributed by atoms with Crippen LogP contribution in [-0.2, 0) is 16.1 Å². The quantitative estimate of drug-likeness (QED) is 0.806. The number of benzene rings is 1. The summed E-state index contributed by atoms with van der Waals surface area (Å²) in [6, 6.07) is 9.45. The molecule has 2 amide bonds. The van der Waals surface area contributed by atoms with Gasteiger partial charge in [-0.2, -0.15) is 0 Å². The summed E-state index contributed by atoms with van der Waals surface area (Å²) < 4.78 is 0. The van der Waals surface area contributed by atoms with Crippen molar-refractivity contribution in [1.29, 1.82) is 0 Å². The fourth-order valence-electron chi connectivity index (χ4n) is 2.18. The van der Waals surface area contributed by atoms with E-state index in [0.717, 1.165) is 11.4 Å². The van der Waals surface area contributed by atoms with Crippen LogP contribution in [0, 0.1) is 0 Å². The maximum absolute atomic E-state index is 12.0. The molecular weight excluding hydrogens is 324 g/mol. The maximum Gasteiger partial charge on any atom is 0.236 e. The van der Waals surface area contributed by atoms with Gasteiger partial charge in [0.1, 0.15) is 0 Å². The summed E-state index contributed by atoms with van der Waals surface area (Å²) in [5, 5.41) is 2.56. The highest BCUT2D eigenvalue weighted by Gasteiger charge is 2.18. The summed E-state index contributed by atoms with van der Waals surface area (Å²) in [6.07, 6.45) is 0. The van der Waals surface area contributed by atoms with Gasteiger partial charge < -0.3 is 4.90 Å². The van der Waals surface area contributed by atoms with Crippen LogP contribution >= 0.6 is 11.3 Å². The Morgan fingerprint density at radius 2 is 1.79 bits per heavy atom. The average Bonchev–Trinajstić information content (AvgIpc) is 2.95. The van der Waals surface area contributed by atoms with Crippen LogP contribution in [-0.4, -0.2) is 54.3 Å². The first-order chi connectivity index (χ1) is 11.4. The number of carbonyl (C=O) groups is 2. The standard InChI is InChI=1S/C17H22N4O2S/c1-13(22)21(15-8-6-5-7-9-15)17-18-14(12-24-17)10-20(4)11-16(23)19(2)3/h5-9,12H,10-11H2,1-4H3. The Labute approximate surface area is 146 Å².